The van der Waals surface area contributed by atoms with Crippen molar-refractivity contribution in [2.45, 2.75) is 13.3 Å². The van der Waals surface area contributed by atoms with Crippen molar-refractivity contribution in [1.82, 2.24) is 15.0 Å². The molecule has 0 unspecified atom stereocenters. The molecule has 3 heteroatoms. The van der Waals surface area contributed by atoms with Crippen LogP contribution in [0.25, 0.3) is 55.8 Å². The SMILES string of the molecule is CCc1nc(-c2ccccc2)nc(-c2cccc(-c3cccc4c(-c5ccccc5)cccc34)c2)n1. The Morgan fingerprint density at radius 1 is 0.444 bits per heavy atom. The number of nitrogens with zero attached hydrogens (tertiary/aromatic N) is 3. The quantitative estimate of drug-likeness (QED) is 0.258. The van der Waals surface area contributed by atoms with Crippen molar-refractivity contribution in [3.05, 3.63) is 127 Å². The zero-order valence-corrected chi connectivity index (χ0v) is 20.1. The largest absolute Gasteiger partial charge is 0.213 e. The second kappa shape index (κ2) is 9.55. The van der Waals surface area contributed by atoms with Gasteiger partial charge in [0.15, 0.2) is 11.6 Å². The molecule has 0 radical (unpaired) electrons. The van der Waals surface area contributed by atoms with Crippen molar-refractivity contribution in [2.75, 3.05) is 0 Å². The van der Waals surface area contributed by atoms with Crippen LogP contribution in [0, 0.1) is 0 Å². The monoisotopic (exact) mass is 463 g/mol. The van der Waals surface area contributed by atoms with Crippen LogP contribution in [-0.2, 0) is 6.42 Å². The molecule has 36 heavy (non-hydrogen) atoms. The first-order chi connectivity index (χ1) is 17.8. The van der Waals surface area contributed by atoms with E-state index in [9.17, 15) is 0 Å². The third-order valence-electron chi connectivity index (χ3n) is 6.47. The number of hydrogen-bond acceptors (Lipinski definition) is 3. The molecule has 0 aliphatic heterocycles. The fraction of sp³-hybridized carbons (Fsp3) is 0.0606. The van der Waals surface area contributed by atoms with Gasteiger partial charge >= 0.3 is 0 Å². The minimum Gasteiger partial charge on any atom is -0.213 e. The summed E-state index contributed by atoms with van der Waals surface area (Å²) in [5.41, 5.74) is 6.78. The Morgan fingerprint density at radius 2 is 0.944 bits per heavy atom. The van der Waals surface area contributed by atoms with E-state index < -0.39 is 0 Å². The van der Waals surface area contributed by atoms with Gasteiger partial charge in [-0.15, -0.1) is 0 Å². The highest BCUT2D eigenvalue weighted by molar-refractivity contribution is 6.04. The molecule has 0 saturated carbocycles. The molecule has 0 saturated heterocycles. The van der Waals surface area contributed by atoms with Crippen molar-refractivity contribution >= 4 is 10.8 Å². The van der Waals surface area contributed by atoms with E-state index in [-0.39, 0.29) is 0 Å². The second-order valence-electron chi connectivity index (χ2n) is 8.77. The molecule has 0 spiro atoms. The van der Waals surface area contributed by atoms with Crippen molar-refractivity contribution < 1.29 is 0 Å². The van der Waals surface area contributed by atoms with Gasteiger partial charge in [-0.05, 0) is 39.1 Å². The predicted molar refractivity (Wildman–Crippen MR) is 148 cm³/mol. The molecular formula is C33H25N3. The van der Waals surface area contributed by atoms with Crippen LogP contribution in [0.2, 0.25) is 0 Å². The van der Waals surface area contributed by atoms with Crippen LogP contribution in [0.1, 0.15) is 12.7 Å². The highest BCUT2D eigenvalue weighted by Gasteiger charge is 2.12. The molecular weight excluding hydrogens is 438 g/mol. The lowest BCUT2D eigenvalue weighted by molar-refractivity contribution is 0.910. The average molecular weight is 464 g/mol. The number of fused-ring (bicyclic) bond motifs is 1. The molecule has 6 rings (SSSR count). The normalized spacial score (nSPS) is 11.0. The van der Waals surface area contributed by atoms with Crippen LogP contribution in [0.4, 0.5) is 0 Å². The Hall–Kier alpha value is -4.63. The molecule has 172 valence electrons. The van der Waals surface area contributed by atoms with E-state index in [1.54, 1.807) is 0 Å². The van der Waals surface area contributed by atoms with Gasteiger partial charge in [0.1, 0.15) is 5.82 Å². The zero-order chi connectivity index (χ0) is 24.3. The van der Waals surface area contributed by atoms with E-state index >= 15 is 0 Å². The summed E-state index contributed by atoms with van der Waals surface area (Å²) in [7, 11) is 0. The van der Waals surface area contributed by atoms with Gasteiger partial charge in [-0.2, -0.15) is 0 Å². The van der Waals surface area contributed by atoms with Crippen molar-refractivity contribution in [2.24, 2.45) is 0 Å². The first-order valence-corrected chi connectivity index (χ1v) is 12.3. The maximum atomic E-state index is 4.85. The number of rotatable bonds is 5. The summed E-state index contributed by atoms with van der Waals surface area (Å²) in [6.45, 7) is 2.07. The Balaban J connectivity index is 1.47. The molecule has 5 aromatic carbocycles. The molecule has 1 aromatic heterocycles. The maximum absolute atomic E-state index is 4.85. The molecule has 0 aliphatic carbocycles. The molecule has 1 heterocycles. The molecule has 3 nitrogen and oxygen atoms in total. The van der Waals surface area contributed by atoms with Gasteiger partial charge in [-0.25, -0.2) is 15.0 Å². The Labute approximate surface area is 211 Å². The van der Waals surface area contributed by atoms with E-state index in [2.05, 4.69) is 103 Å². The van der Waals surface area contributed by atoms with Crippen LogP contribution in [0.15, 0.2) is 121 Å². The molecule has 0 amide bonds. The summed E-state index contributed by atoms with van der Waals surface area (Å²) in [4.78, 5) is 14.3. The van der Waals surface area contributed by atoms with Crippen molar-refractivity contribution in [1.29, 1.82) is 0 Å². The highest BCUT2D eigenvalue weighted by atomic mass is 15.0. The first kappa shape index (κ1) is 21.9. The second-order valence-corrected chi connectivity index (χ2v) is 8.77. The number of aromatic nitrogens is 3. The molecule has 6 aromatic rings. The maximum Gasteiger partial charge on any atom is 0.163 e. The van der Waals surface area contributed by atoms with Gasteiger partial charge in [0.05, 0.1) is 0 Å². The van der Waals surface area contributed by atoms with Gasteiger partial charge in [0.25, 0.3) is 0 Å². The van der Waals surface area contributed by atoms with Crippen LogP contribution in [0.3, 0.4) is 0 Å². The Kier molecular flexibility index (Phi) is 5.80. The van der Waals surface area contributed by atoms with E-state index in [0.29, 0.717) is 11.6 Å². The van der Waals surface area contributed by atoms with Gasteiger partial charge < -0.3 is 0 Å². The van der Waals surface area contributed by atoms with Crippen LogP contribution < -0.4 is 0 Å². The minimum atomic E-state index is 0.702. The topological polar surface area (TPSA) is 38.7 Å². The lowest BCUT2D eigenvalue weighted by atomic mass is 9.92. The van der Waals surface area contributed by atoms with Crippen molar-refractivity contribution in [3.8, 4) is 45.0 Å². The highest BCUT2D eigenvalue weighted by Crippen LogP contribution is 2.35. The summed E-state index contributed by atoms with van der Waals surface area (Å²) >= 11 is 0. The fourth-order valence-corrected chi connectivity index (χ4v) is 4.68. The predicted octanol–water partition coefficient (Wildman–Crippen LogP) is 8.26. The average Bonchev–Trinajstić information content (AvgIpc) is 2.97. The van der Waals surface area contributed by atoms with E-state index in [1.165, 1.54) is 27.5 Å². The lowest BCUT2D eigenvalue weighted by Gasteiger charge is -2.12. The summed E-state index contributed by atoms with van der Waals surface area (Å²) in [5, 5.41) is 2.47. The number of aryl methyl sites for hydroxylation is 1. The fourth-order valence-electron chi connectivity index (χ4n) is 4.68. The smallest absolute Gasteiger partial charge is 0.163 e. The summed E-state index contributed by atoms with van der Waals surface area (Å²) in [6, 6.07) is 42.2. The van der Waals surface area contributed by atoms with Gasteiger partial charge in [0.2, 0.25) is 0 Å². The van der Waals surface area contributed by atoms with E-state index in [0.717, 1.165) is 28.9 Å². The van der Waals surface area contributed by atoms with Crippen molar-refractivity contribution in [3.63, 3.8) is 0 Å². The molecule has 0 aliphatic rings. The first-order valence-electron chi connectivity index (χ1n) is 12.3. The summed E-state index contributed by atoms with van der Waals surface area (Å²) < 4.78 is 0. The molecule has 0 atom stereocenters. The Morgan fingerprint density at radius 3 is 1.58 bits per heavy atom. The van der Waals surface area contributed by atoms with Crippen LogP contribution >= 0.6 is 0 Å². The third-order valence-corrected chi connectivity index (χ3v) is 6.47. The summed E-state index contributed by atoms with van der Waals surface area (Å²) in [6.07, 6.45) is 0.751. The van der Waals surface area contributed by atoms with Gasteiger partial charge in [-0.1, -0.05) is 122 Å². The standard InChI is InChI=1S/C33H25N3/c1-2-31-34-32(24-14-7-4-8-15-24)36-33(35-31)26-17-9-16-25(22-26)28-19-11-20-29-27(18-10-21-30(28)29)23-12-5-3-6-13-23/h3-22H,2H2,1H3. The summed E-state index contributed by atoms with van der Waals surface area (Å²) in [5.74, 6) is 2.20. The van der Waals surface area contributed by atoms with Crippen LogP contribution in [-0.4, -0.2) is 15.0 Å². The lowest BCUT2D eigenvalue weighted by Crippen LogP contribution is -2.02. The molecule has 0 N–H and O–H groups in total. The molecule has 0 bridgehead atoms. The molecule has 0 fully saturated rings. The minimum absolute atomic E-state index is 0.702. The zero-order valence-electron chi connectivity index (χ0n) is 20.1. The Bertz CT molecular complexity index is 1660. The van der Waals surface area contributed by atoms with E-state index in [4.69, 9.17) is 9.97 Å². The van der Waals surface area contributed by atoms with E-state index in [1.807, 2.05) is 30.3 Å². The number of hydrogen-bond donors (Lipinski definition) is 0. The number of benzene rings is 5. The van der Waals surface area contributed by atoms with Gasteiger partial charge in [0, 0.05) is 17.5 Å². The third kappa shape index (κ3) is 4.16. The van der Waals surface area contributed by atoms with Gasteiger partial charge in [-0.3, -0.25) is 0 Å². The van der Waals surface area contributed by atoms with Crippen LogP contribution in [0.5, 0.6) is 0 Å².